The van der Waals surface area contributed by atoms with Crippen molar-refractivity contribution in [3.05, 3.63) is 11.1 Å². The third-order valence-corrected chi connectivity index (χ3v) is 5.77. The fourth-order valence-corrected chi connectivity index (χ4v) is 4.41. The Hall–Kier alpha value is -0.880. The van der Waals surface area contributed by atoms with E-state index >= 15 is 0 Å². The highest BCUT2D eigenvalue weighted by Gasteiger charge is 2.31. The molecule has 0 spiro atoms. The average Bonchev–Trinajstić information content (AvgIpc) is 2.38. The number of ether oxygens (including phenoxy) is 1. The number of hydrogen-bond acceptors (Lipinski definition) is 5. The standard InChI is InChI=1S/C13H21NO4S/c1-14-6-3-11(12(9-14)13(15)18-2)10-4-7-19(16,17)8-5-10/h10H,3-9H2,1-2H3. The maximum atomic E-state index is 11.9. The van der Waals surface area contributed by atoms with Crippen LogP contribution in [0.15, 0.2) is 11.1 Å². The Balaban J connectivity index is 2.22. The highest BCUT2D eigenvalue weighted by Crippen LogP contribution is 2.32. The Morgan fingerprint density at radius 1 is 1.32 bits per heavy atom. The summed E-state index contributed by atoms with van der Waals surface area (Å²) in [7, 11) is 0.515. The van der Waals surface area contributed by atoms with Crippen molar-refractivity contribution in [2.45, 2.75) is 19.3 Å². The van der Waals surface area contributed by atoms with E-state index in [9.17, 15) is 13.2 Å². The first-order chi connectivity index (χ1) is 8.93. The monoisotopic (exact) mass is 287 g/mol. The summed E-state index contributed by atoms with van der Waals surface area (Å²) in [6.45, 7) is 1.52. The molecule has 108 valence electrons. The molecule has 0 N–H and O–H groups in total. The van der Waals surface area contributed by atoms with Gasteiger partial charge in [0.05, 0.1) is 24.2 Å². The Morgan fingerprint density at radius 3 is 2.53 bits per heavy atom. The minimum Gasteiger partial charge on any atom is -0.466 e. The van der Waals surface area contributed by atoms with Crippen molar-refractivity contribution >= 4 is 15.8 Å². The molecule has 0 saturated carbocycles. The summed E-state index contributed by atoms with van der Waals surface area (Å²) in [5.74, 6) is 0.443. The number of sulfone groups is 1. The number of nitrogens with zero attached hydrogens (tertiary/aromatic N) is 1. The lowest BCUT2D eigenvalue weighted by molar-refractivity contribution is -0.136. The first-order valence-electron chi connectivity index (χ1n) is 6.62. The molecule has 0 aromatic heterocycles. The van der Waals surface area contributed by atoms with Gasteiger partial charge in [-0.05, 0) is 32.2 Å². The van der Waals surface area contributed by atoms with Crippen LogP contribution >= 0.6 is 0 Å². The van der Waals surface area contributed by atoms with Crippen molar-refractivity contribution in [1.29, 1.82) is 0 Å². The minimum atomic E-state index is -2.86. The summed E-state index contributed by atoms with van der Waals surface area (Å²) in [5.41, 5.74) is 1.86. The molecule has 6 heteroatoms. The van der Waals surface area contributed by atoms with E-state index in [1.807, 2.05) is 7.05 Å². The largest absolute Gasteiger partial charge is 0.466 e. The normalized spacial score (nSPS) is 25.4. The number of likely N-dealkylation sites (N-methyl/N-ethyl adjacent to an activating group) is 1. The molecule has 0 aromatic rings. The zero-order valence-electron chi connectivity index (χ0n) is 11.5. The van der Waals surface area contributed by atoms with Gasteiger partial charge in [0.2, 0.25) is 0 Å². The van der Waals surface area contributed by atoms with Crippen molar-refractivity contribution in [1.82, 2.24) is 4.90 Å². The molecule has 5 nitrogen and oxygen atoms in total. The second-order valence-corrected chi connectivity index (χ2v) is 7.71. The molecule has 0 aromatic carbocycles. The molecule has 0 unspecified atom stereocenters. The van der Waals surface area contributed by atoms with Crippen LogP contribution in [0.5, 0.6) is 0 Å². The summed E-state index contributed by atoms with van der Waals surface area (Å²) < 4.78 is 27.8. The van der Waals surface area contributed by atoms with Gasteiger partial charge in [0.15, 0.2) is 0 Å². The smallest absolute Gasteiger partial charge is 0.335 e. The van der Waals surface area contributed by atoms with E-state index in [4.69, 9.17) is 4.74 Å². The van der Waals surface area contributed by atoms with E-state index in [0.29, 0.717) is 19.4 Å². The Bertz CT molecular complexity index is 481. The number of methoxy groups -OCH3 is 1. The van der Waals surface area contributed by atoms with Crippen LogP contribution in [0, 0.1) is 5.92 Å². The number of carbonyl (C=O) groups excluding carboxylic acids is 1. The van der Waals surface area contributed by atoms with Gasteiger partial charge in [0.25, 0.3) is 0 Å². The summed E-state index contributed by atoms with van der Waals surface area (Å²) in [5, 5.41) is 0. The number of rotatable bonds is 2. The van der Waals surface area contributed by atoms with Crippen molar-refractivity contribution in [3.8, 4) is 0 Å². The molecule has 0 amide bonds. The van der Waals surface area contributed by atoms with Gasteiger partial charge in [-0.15, -0.1) is 0 Å². The van der Waals surface area contributed by atoms with Gasteiger partial charge >= 0.3 is 5.97 Å². The van der Waals surface area contributed by atoms with Crippen LogP contribution in [-0.4, -0.2) is 58.0 Å². The topological polar surface area (TPSA) is 63.7 Å². The first kappa shape index (κ1) is 14.5. The average molecular weight is 287 g/mol. The third-order valence-electron chi connectivity index (χ3n) is 4.06. The fourth-order valence-electron chi connectivity index (χ4n) is 2.92. The molecule has 0 atom stereocenters. The van der Waals surface area contributed by atoms with Crippen LogP contribution in [-0.2, 0) is 19.4 Å². The van der Waals surface area contributed by atoms with Gasteiger partial charge in [-0.2, -0.15) is 0 Å². The zero-order valence-corrected chi connectivity index (χ0v) is 12.3. The van der Waals surface area contributed by atoms with Gasteiger partial charge in [0, 0.05) is 13.1 Å². The molecule has 0 aliphatic carbocycles. The van der Waals surface area contributed by atoms with E-state index in [0.717, 1.165) is 24.1 Å². The molecule has 2 heterocycles. The lowest BCUT2D eigenvalue weighted by atomic mass is 9.85. The second kappa shape index (κ2) is 5.63. The number of esters is 1. The number of carbonyl (C=O) groups is 1. The summed E-state index contributed by atoms with van der Waals surface area (Å²) in [6.07, 6.45) is 2.12. The highest BCUT2D eigenvalue weighted by atomic mass is 32.2. The maximum Gasteiger partial charge on any atom is 0.335 e. The zero-order chi connectivity index (χ0) is 14.0. The van der Waals surface area contributed by atoms with Crippen molar-refractivity contribution in [2.24, 2.45) is 5.92 Å². The quantitative estimate of drug-likeness (QED) is 0.697. The molecule has 1 saturated heterocycles. The molecular weight excluding hydrogens is 266 g/mol. The number of hydrogen-bond donors (Lipinski definition) is 0. The van der Waals surface area contributed by atoms with Crippen LogP contribution < -0.4 is 0 Å². The molecule has 2 aliphatic heterocycles. The van der Waals surface area contributed by atoms with Crippen molar-refractivity contribution < 1.29 is 17.9 Å². The van der Waals surface area contributed by atoms with E-state index in [1.54, 1.807) is 0 Å². The molecule has 1 fully saturated rings. The lowest BCUT2D eigenvalue weighted by Gasteiger charge is -2.32. The van der Waals surface area contributed by atoms with Gasteiger partial charge in [-0.1, -0.05) is 5.57 Å². The van der Waals surface area contributed by atoms with Gasteiger partial charge in [0.1, 0.15) is 9.84 Å². The van der Waals surface area contributed by atoms with E-state index in [-0.39, 0.29) is 23.4 Å². The van der Waals surface area contributed by atoms with Crippen molar-refractivity contribution in [3.63, 3.8) is 0 Å². The molecule has 0 radical (unpaired) electrons. The van der Waals surface area contributed by atoms with Gasteiger partial charge in [-0.3, -0.25) is 0 Å². The first-order valence-corrected chi connectivity index (χ1v) is 8.44. The van der Waals surface area contributed by atoms with Gasteiger partial charge in [-0.25, -0.2) is 13.2 Å². The Labute approximate surface area is 114 Å². The maximum absolute atomic E-state index is 11.9. The summed E-state index contributed by atoms with van der Waals surface area (Å²) in [6, 6.07) is 0. The summed E-state index contributed by atoms with van der Waals surface area (Å²) in [4.78, 5) is 14.0. The second-order valence-electron chi connectivity index (χ2n) is 5.41. The van der Waals surface area contributed by atoms with Crippen LogP contribution in [0.3, 0.4) is 0 Å². The van der Waals surface area contributed by atoms with E-state index in [1.165, 1.54) is 7.11 Å². The van der Waals surface area contributed by atoms with Crippen LogP contribution in [0.25, 0.3) is 0 Å². The van der Waals surface area contributed by atoms with E-state index in [2.05, 4.69) is 4.90 Å². The van der Waals surface area contributed by atoms with Gasteiger partial charge < -0.3 is 9.64 Å². The molecule has 19 heavy (non-hydrogen) atoms. The predicted molar refractivity (Wildman–Crippen MR) is 72.5 cm³/mol. The Morgan fingerprint density at radius 2 is 1.95 bits per heavy atom. The molecular formula is C13H21NO4S. The van der Waals surface area contributed by atoms with Crippen molar-refractivity contribution in [2.75, 3.05) is 38.8 Å². The molecule has 2 rings (SSSR count). The van der Waals surface area contributed by atoms with E-state index < -0.39 is 9.84 Å². The Kier molecular flexibility index (Phi) is 4.30. The minimum absolute atomic E-state index is 0.228. The SMILES string of the molecule is COC(=O)C1=C(C2CCS(=O)(=O)CC2)CCN(C)C1. The third kappa shape index (κ3) is 3.36. The highest BCUT2D eigenvalue weighted by molar-refractivity contribution is 7.91. The molecule has 0 bridgehead atoms. The fraction of sp³-hybridized carbons (Fsp3) is 0.769. The summed E-state index contributed by atoms with van der Waals surface area (Å²) >= 11 is 0. The predicted octanol–water partition coefficient (Wildman–Crippen LogP) is 0.616. The van der Waals surface area contributed by atoms with Crippen LogP contribution in [0.2, 0.25) is 0 Å². The molecule has 2 aliphatic rings. The lowest BCUT2D eigenvalue weighted by Crippen LogP contribution is -2.35. The van der Waals surface area contributed by atoms with Crippen LogP contribution in [0.4, 0.5) is 0 Å². The van der Waals surface area contributed by atoms with Crippen LogP contribution in [0.1, 0.15) is 19.3 Å².